The maximum absolute atomic E-state index is 9.68. The molecule has 0 fully saturated rings. The van der Waals surface area contributed by atoms with E-state index in [1.165, 1.54) is 0 Å². The first kappa shape index (κ1) is 12.0. The summed E-state index contributed by atoms with van der Waals surface area (Å²) >= 11 is 0. The predicted molar refractivity (Wildman–Crippen MR) is 55.7 cm³/mol. The highest BCUT2D eigenvalue weighted by molar-refractivity contribution is 5.28. The molecule has 0 amide bonds. The molecule has 0 radical (unpaired) electrons. The van der Waals surface area contributed by atoms with E-state index in [9.17, 15) is 10.2 Å². The molecule has 0 aliphatic carbocycles. The minimum Gasteiger partial charge on any atom is -0.497 e. The number of ether oxygens (including phenoxy) is 1. The molecule has 3 N–H and O–H groups in total. The zero-order valence-corrected chi connectivity index (χ0v) is 8.63. The molecule has 0 aliphatic heterocycles. The molecule has 0 aromatic heterocycles. The molecule has 0 saturated heterocycles. The fraction of sp³-hybridized carbons (Fsp3) is 0.455. The van der Waals surface area contributed by atoms with Gasteiger partial charge in [0.1, 0.15) is 11.9 Å². The first-order chi connectivity index (χ1) is 7.19. The fourth-order valence-electron chi connectivity index (χ4n) is 1.31. The van der Waals surface area contributed by atoms with Gasteiger partial charge in [-0.3, -0.25) is 0 Å². The van der Waals surface area contributed by atoms with Crippen LogP contribution in [0.25, 0.3) is 0 Å². The summed E-state index contributed by atoms with van der Waals surface area (Å²) < 4.78 is 4.97. The van der Waals surface area contributed by atoms with Gasteiger partial charge in [-0.2, -0.15) is 0 Å². The number of benzene rings is 1. The molecule has 1 aromatic carbocycles. The highest BCUT2D eigenvalue weighted by Gasteiger charge is 2.17. The molecule has 15 heavy (non-hydrogen) atoms. The van der Waals surface area contributed by atoms with Crippen molar-refractivity contribution in [3.05, 3.63) is 29.8 Å². The van der Waals surface area contributed by atoms with Crippen LogP contribution in [-0.4, -0.2) is 35.1 Å². The van der Waals surface area contributed by atoms with Gasteiger partial charge in [0.25, 0.3) is 0 Å². The van der Waals surface area contributed by atoms with E-state index in [-0.39, 0.29) is 13.0 Å². The van der Waals surface area contributed by atoms with Crippen molar-refractivity contribution in [2.24, 2.45) is 0 Å². The van der Waals surface area contributed by atoms with Crippen LogP contribution in [0, 0.1) is 0 Å². The zero-order valence-electron chi connectivity index (χ0n) is 8.63. The van der Waals surface area contributed by atoms with Crippen molar-refractivity contribution in [1.29, 1.82) is 0 Å². The summed E-state index contributed by atoms with van der Waals surface area (Å²) in [5.41, 5.74) is 0.608. The summed E-state index contributed by atoms with van der Waals surface area (Å²) in [7, 11) is 1.56. The van der Waals surface area contributed by atoms with Crippen molar-refractivity contribution >= 4 is 0 Å². The molecular formula is C11H16O4. The molecule has 0 bridgehead atoms. The van der Waals surface area contributed by atoms with Crippen molar-refractivity contribution in [2.45, 2.75) is 18.6 Å². The number of aliphatic hydroxyl groups is 3. The SMILES string of the molecule is COc1ccc(C(O)C(O)CCO)cc1. The number of methoxy groups -OCH3 is 1. The lowest BCUT2D eigenvalue weighted by molar-refractivity contribution is 0.00419. The molecular weight excluding hydrogens is 196 g/mol. The van der Waals surface area contributed by atoms with Crippen LogP contribution in [0.1, 0.15) is 18.1 Å². The zero-order chi connectivity index (χ0) is 11.3. The van der Waals surface area contributed by atoms with Gasteiger partial charge in [0, 0.05) is 6.61 Å². The van der Waals surface area contributed by atoms with Gasteiger partial charge >= 0.3 is 0 Å². The second-order valence-electron chi connectivity index (χ2n) is 3.30. The van der Waals surface area contributed by atoms with Crippen LogP contribution in [0.3, 0.4) is 0 Å². The van der Waals surface area contributed by atoms with Gasteiger partial charge in [-0.25, -0.2) is 0 Å². The highest BCUT2D eigenvalue weighted by atomic mass is 16.5. The molecule has 4 nitrogen and oxygen atoms in total. The molecule has 0 spiro atoms. The third kappa shape index (κ3) is 3.20. The van der Waals surface area contributed by atoms with E-state index in [2.05, 4.69) is 0 Å². The number of hydrogen-bond acceptors (Lipinski definition) is 4. The fourth-order valence-corrected chi connectivity index (χ4v) is 1.31. The molecule has 4 heteroatoms. The Morgan fingerprint density at radius 3 is 2.27 bits per heavy atom. The average Bonchev–Trinajstić information content (AvgIpc) is 2.28. The van der Waals surface area contributed by atoms with Crippen molar-refractivity contribution in [2.75, 3.05) is 13.7 Å². The van der Waals surface area contributed by atoms with E-state index >= 15 is 0 Å². The van der Waals surface area contributed by atoms with Crippen molar-refractivity contribution in [3.63, 3.8) is 0 Å². The lowest BCUT2D eigenvalue weighted by atomic mass is 10.0. The molecule has 0 saturated carbocycles. The molecule has 0 aliphatic rings. The summed E-state index contributed by atoms with van der Waals surface area (Å²) in [5, 5.41) is 27.8. The Morgan fingerprint density at radius 1 is 1.20 bits per heavy atom. The Labute approximate surface area is 88.8 Å². The van der Waals surface area contributed by atoms with Crippen LogP contribution in [0.15, 0.2) is 24.3 Å². The van der Waals surface area contributed by atoms with E-state index in [4.69, 9.17) is 9.84 Å². The van der Waals surface area contributed by atoms with Crippen LogP contribution in [0.2, 0.25) is 0 Å². The Morgan fingerprint density at radius 2 is 1.80 bits per heavy atom. The number of aliphatic hydroxyl groups excluding tert-OH is 3. The average molecular weight is 212 g/mol. The highest BCUT2D eigenvalue weighted by Crippen LogP contribution is 2.21. The topological polar surface area (TPSA) is 69.9 Å². The molecule has 1 rings (SSSR count). The smallest absolute Gasteiger partial charge is 0.118 e. The number of rotatable bonds is 5. The van der Waals surface area contributed by atoms with Gasteiger partial charge in [-0.15, -0.1) is 0 Å². The summed E-state index contributed by atoms with van der Waals surface area (Å²) in [6.45, 7) is -0.144. The molecule has 84 valence electrons. The number of hydrogen-bond donors (Lipinski definition) is 3. The molecule has 1 aromatic rings. The first-order valence-electron chi connectivity index (χ1n) is 4.80. The van der Waals surface area contributed by atoms with E-state index in [1.807, 2.05) is 0 Å². The maximum Gasteiger partial charge on any atom is 0.118 e. The second-order valence-corrected chi connectivity index (χ2v) is 3.30. The van der Waals surface area contributed by atoms with Crippen LogP contribution >= 0.6 is 0 Å². The van der Waals surface area contributed by atoms with Gasteiger partial charge < -0.3 is 20.1 Å². The normalized spacial score (nSPS) is 14.7. The van der Waals surface area contributed by atoms with Crippen molar-refractivity contribution < 1.29 is 20.1 Å². The standard InChI is InChI=1S/C11H16O4/c1-15-9-4-2-8(3-5-9)11(14)10(13)6-7-12/h2-5,10-14H,6-7H2,1H3. The van der Waals surface area contributed by atoms with Crippen LogP contribution < -0.4 is 4.74 Å². The van der Waals surface area contributed by atoms with Gasteiger partial charge in [0.15, 0.2) is 0 Å². The minimum atomic E-state index is -0.969. The summed E-state index contributed by atoms with van der Waals surface area (Å²) in [6, 6.07) is 6.79. The minimum absolute atomic E-state index is 0.144. The van der Waals surface area contributed by atoms with Crippen LogP contribution in [0.5, 0.6) is 5.75 Å². The Hall–Kier alpha value is -1.10. The Kier molecular flexibility index (Phi) is 4.55. The van der Waals surface area contributed by atoms with Gasteiger partial charge in [0.2, 0.25) is 0 Å². The van der Waals surface area contributed by atoms with E-state index in [1.54, 1.807) is 31.4 Å². The van der Waals surface area contributed by atoms with Crippen LogP contribution in [-0.2, 0) is 0 Å². The van der Waals surface area contributed by atoms with Crippen molar-refractivity contribution in [3.8, 4) is 5.75 Å². The first-order valence-corrected chi connectivity index (χ1v) is 4.80. The summed E-state index contributed by atoms with van der Waals surface area (Å²) in [4.78, 5) is 0. The predicted octanol–water partition coefficient (Wildman–Crippen LogP) is 0.472. The summed E-state index contributed by atoms with van der Waals surface area (Å²) in [6.07, 6.45) is -1.75. The monoisotopic (exact) mass is 212 g/mol. The molecule has 0 heterocycles. The van der Waals surface area contributed by atoms with Gasteiger partial charge in [-0.05, 0) is 24.1 Å². The van der Waals surface area contributed by atoms with E-state index < -0.39 is 12.2 Å². The van der Waals surface area contributed by atoms with Crippen LogP contribution in [0.4, 0.5) is 0 Å². The third-order valence-electron chi connectivity index (χ3n) is 2.25. The summed E-state index contributed by atoms with van der Waals surface area (Å²) in [5.74, 6) is 0.697. The van der Waals surface area contributed by atoms with Crippen molar-refractivity contribution in [1.82, 2.24) is 0 Å². The molecule has 2 unspecified atom stereocenters. The van der Waals surface area contributed by atoms with Gasteiger partial charge in [-0.1, -0.05) is 12.1 Å². The van der Waals surface area contributed by atoms with E-state index in [0.29, 0.717) is 11.3 Å². The Bertz CT molecular complexity index is 283. The third-order valence-corrected chi connectivity index (χ3v) is 2.25. The van der Waals surface area contributed by atoms with E-state index in [0.717, 1.165) is 0 Å². The van der Waals surface area contributed by atoms with Gasteiger partial charge in [0.05, 0.1) is 13.2 Å². The Balaban J connectivity index is 2.69. The lowest BCUT2D eigenvalue weighted by Gasteiger charge is -2.17. The largest absolute Gasteiger partial charge is 0.497 e. The second kappa shape index (κ2) is 5.70. The lowest BCUT2D eigenvalue weighted by Crippen LogP contribution is -2.19. The quantitative estimate of drug-likeness (QED) is 0.663. The molecule has 2 atom stereocenters. The maximum atomic E-state index is 9.68.